The van der Waals surface area contributed by atoms with Gasteiger partial charge in [0, 0.05) is 50.9 Å². The summed E-state index contributed by atoms with van der Waals surface area (Å²) < 4.78 is 89.7. The average Bonchev–Trinajstić information content (AvgIpc) is 4.04. The molecule has 0 unspecified atom stereocenters. The number of aliphatic hydroxyl groups is 3. The van der Waals surface area contributed by atoms with Crippen molar-refractivity contribution in [2.45, 2.75) is 31.2 Å². The van der Waals surface area contributed by atoms with Crippen LogP contribution in [0.2, 0.25) is 0 Å². The number of aromatic nitrogens is 1. The first-order chi connectivity index (χ1) is 30.2. The van der Waals surface area contributed by atoms with Crippen molar-refractivity contribution in [1.29, 1.82) is 0 Å². The fourth-order valence-corrected chi connectivity index (χ4v) is 7.11. The van der Waals surface area contributed by atoms with Gasteiger partial charge in [0.15, 0.2) is 12.2 Å². The second-order valence-corrected chi connectivity index (χ2v) is 14.8. The number of hydrogen-bond acceptors (Lipinski definition) is 14. The lowest BCUT2D eigenvalue weighted by Crippen LogP contribution is -2.49. The maximum absolute atomic E-state index is 14.9. The highest BCUT2D eigenvalue weighted by atomic mass is 32.1. The minimum atomic E-state index is -2.79. The summed E-state index contributed by atoms with van der Waals surface area (Å²) in [4.78, 5) is 54.1. The molecule has 63 heavy (non-hydrogen) atoms. The number of benzene rings is 2. The Labute approximate surface area is 360 Å². The zero-order valence-corrected chi connectivity index (χ0v) is 34.0. The van der Waals surface area contributed by atoms with E-state index in [1.54, 1.807) is 17.0 Å². The maximum Gasteiger partial charge on any atom is 0.414 e. The summed E-state index contributed by atoms with van der Waals surface area (Å²) >= 11 is 4.48. The number of anilines is 3. The van der Waals surface area contributed by atoms with Gasteiger partial charge in [-0.05, 0) is 47.5 Å². The number of carbonyl (C=O) groups excluding carboxylic acids is 4. The van der Waals surface area contributed by atoms with Gasteiger partial charge in [0.1, 0.15) is 48.0 Å². The van der Waals surface area contributed by atoms with E-state index in [1.165, 1.54) is 39.2 Å². The van der Waals surface area contributed by atoms with Crippen LogP contribution in [0, 0.1) is 17.5 Å². The van der Waals surface area contributed by atoms with E-state index in [1.807, 2.05) is 0 Å². The van der Waals surface area contributed by atoms with E-state index < -0.39 is 78.5 Å². The molecule has 18 nitrogen and oxygen atoms in total. The third kappa shape index (κ3) is 11.3. The number of nitrogens with one attached hydrogen (secondary N) is 1. The third-order valence-corrected chi connectivity index (χ3v) is 10.6. The molecule has 24 heteroatoms. The molecule has 3 fully saturated rings. The van der Waals surface area contributed by atoms with E-state index in [0.717, 1.165) is 17.0 Å². The lowest BCUT2D eigenvalue weighted by molar-refractivity contribution is -0.141. The van der Waals surface area contributed by atoms with Crippen molar-refractivity contribution in [3.63, 3.8) is 0 Å². The lowest BCUT2D eigenvalue weighted by atomic mass is 9.97. The number of carbonyl (C=O) groups is 4. The van der Waals surface area contributed by atoms with Gasteiger partial charge < -0.3 is 54.1 Å². The molecule has 3 aromatic rings. The normalized spacial score (nSPS) is 19.3. The molecule has 0 aliphatic carbocycles. The van der Waals surface area contributed by atoms with Crippen LogP contribution in [0.25, 0.3) is 5.57 Å². The molecule has 5 heterocycles. The summed E-state index contributed by atoms with van der Waals surface area (Å²) in [6, 6.07) is 7.91. The predicted octanol–water partition coefficient (Wildman–Crippen LogP) is 2.30. The molecule has 2 aromatic carbocycles. The summed E-state index contributed by atoms with van der Waals surface area (Å²) in [5, 5.41) is 33.2. The molecule has 0 spiro atoms. The molecule has 4 N–H and O–H groups in total. The first-order valence-corrected chi connectivity index (χ1v) is 19.8. The Bertz CT molecular complexity index is 2160. The van der Waals surface area contributed by atoms with Gasteiger partial charge in [-0.25, -0.2) is 31.5 Å². The Morgan fingerprint density at radius 1 is 0.889 bits per heavy atom. The smallest absolute Gasteiger partial charge is 0.414 e. The quantitative estimate of drug-likeness (QED) is 0.143. The van der Waals surface area contributed by atoms with Crippen LogP contribution >= 0.6 is 12.2 Å². The number of rotatable bonds is 13. The number of hydrogen-bond donors (Lipinski definition) is 4. The number of piperazine rings is 1. The van der Waals surface area contributed by atoms with Gasteiger partial charge in [0.05, 0.1) is 43.3 Å². The molecule has 0 saturated carbocycles. The molecular formula is C39H42F5N7O11S. The number of ether oxygens (including phenoxy) is 3. The van der Waals surface area contributed by atoms with Crippen LogP contribution in [0.5, 0.6) is 5.88 Å². The third-order valence-electron chi connectivity index (χ3n) is 10.3. The van der Waals surface area contributed by atoms with Crippen LogP contribution in [-0.4, -0.2) is 163 Å². The monoisotopic (exact) mass is 911 g/mol. The van der Waals surface area contributed by atoms with Crippen molar-refractivity contribution in [3.8, 4) is 5.88 Å². The molecular weight excluding hydrogens is 870 g/mol. The highest BCUT2D eigenvalue weighted by Crippen LogP contribution is 2.33. The maximum atomic E-state index is 14.9. The Kier molecular flexibility index (Phi) is 15.3. The summed E-state index contributed by atoms with van der Waals surface area (Å²) in [5.74, 6) is -3.06. The van der Waals surface area contributed by atoms with Crippen LogP contribution < -0.4 is 24.8 Å². The van der Waals surface area contributed by atoms with Crippen LogP contribution in [-0.2, 0) is 19.1 Å². The molecule has 1 aromatic heterocycles. The zero-order valence-electron chi connectivity index (χ0n) is 33.2. The van der Waals surface area contributed by atoms with Crippen molar-refractivity contribution in [2.75, 3.05) is 93.4 Å². The number of aliphatic hydroxyl groups excluding tert-OH is 3. The standard InChI is InChI=1S/C21H21F2N3O7.C18H21F3N4O4S/c22-15-7-13(26-9-14(33-21(26)30)11-31-18-3-6-32-24-18)8-16(23)19(15)12-1-4-25(5-2-12)20(29)17(28)10-27;19-13-7-11(25-9-12(29-18(25)28)8-22-17(30)16(20)21)1-2-14(13)23-3-5-24(6-4-23)15(27)10-26/h1,3,6-8,14,17,27-28H,2,4-5,9-11H2;1-2,7,12,16,26H,3-6,8-10H2,(H,22,30)/t14-,17+;12-/m00/s1. The van der Waals surface area contributed by atoms with E-state index in [4.69, 9.17) is 24.4 Å². The van der Waals surface area contributed by atoms with E-state index in [2.05, 4.69) is 27.2 Å². The fraction of sp³-hybridized carbons (Fsp3) is 0.436. The zero-order chi connectivity index (χ0) is 45.4. The SMILES string of the molecule is O=C(CO)N1CCN(c2ccc(N3C[C@H](CNC(=S)C(F)F)OC3=O)cc2F)CC1.O=C([C@H](O)CO)N1CC=C(c2c(F)cc(N3C[C@@H](COc4ccon4)OC3=O)cc2F)CC1. The van der Waals surface area contributed by atoms with Crippen molar-refractivity contribution in [1.82, 2.24) is 20.3 Å². The number of amides is 4. The van der Waals surface area contributed by atoms with Crippen molar-refractivity contribution in [2.24, 2.45) is 0 Å². The van der Waals surface area contributed by atoms with Gasteiger partial charge in [0.25, 0.3) is 18.2 Å². The van der Waals surface area contributed by atoms with E-state index in [9.17, 15) is 46.2 Å². The predicted molar refractivity (Wildman–Crippen MR) is 215 cm³/mol. The summed E-state index contributed by atoms with van der Waals surface area (Å²) in [6.45, 7) is 0.487. The first-order valence-electron chi connectivity index (χ1n) is 19.4. The van der Waals surface area contributed by atoms with Crippen LogP contribution in [0.15, 0.2) is 53.3 Å². The summed E-state index contributed by atoms with van der Waals surface area (Å²) in [6.07, 6.45) is -4.18. The lowest BCUT2D eigenvalue weighted by Gasteiger charge is -2.36. The van der Waals surface area contributed by atoms with E-state index >= 15 is 0 Å². The minimum absolute atomic E-state index is 0.00182. The highest BCUT2D eigenvalue weighted by molar-refractivity contribution is 7.80. The van der Waals surface area contributed by atoms with Crippen molar-refractivity contribution < 1.29 is 75.2 Å². The number of cyclic esters (lactones) is 2. The van der Waals surface area contributed by atoms with E-state index in [0.29, 0.717) is 37.4 Å². The highest BCUT2D eigenvalue weighted by Gasteiger charge is 2.36. The van der Waals surface area contributed by atoms with Crippen molar-refractivity contribution in [3.05, 3.63) is 71.8 Å². The minimum Gasteiger partial charge on any atom is -0.471 e. The average molecular weight is 912 g/mol. The Morgan fingerprint density at radius 3 is 2.13 bits per heavy atom. The molecule has 0 radical (unpaired) electrons. The molecule has 340 valence electrons. The number of thiocarbonyl (C=S) groups is 1. The molecule has 4 aliphatic heterocycles. The van der Waals surface area contributed by atoms with Gasteiger partial charge in [0.2, 0.25) is 5.91 Å². The first kappa shape index (κ1) is 46.4. The number of halogens is 5. The molecule has 0 bridgehead atoms. The Hall–Kier alpha value is -6.11. The van der Waals surface area contributed by atoms with Gasteiger partial charge in [-0.3, -0.25) is 19.4 Å². The van der Waals surface area contributed by atoms with Crippen LogP contribution in [0.4, 0.5) is 48.6 Å². The van der Waals surface area contributed by atoms with Gasteiger partial charge in [-0.15, -0.1) is 0 Å². The molecule has 4 aliphatic rings. The van der Waals surface area contributed by atoms with Gasteiger partial charge >= 0.3 is 12.2 Å². The van der Waals surface area contributed by atoms with Crippen LogP contribution in [0.3, 0.4) is 0 Å². The summed E-state index contributed by atoms with van der Waals surface area (Å²) in [7, 11) is 0. The molecule has 4 amide bonds. The largest absolute Gasteiger partial charge is 0.471 e. The Balaban J connectivity index is 0.000000211. The fourth-order valence-electron chi connectivity index (χ4n) is 7.03. The Morgan fingerprint density at radius 2 is 1.54 bits per heavy atom. The molecule has 3 atom stereocenters. The molecule has 3 saturated heterocycles. The number of nitrogens with zero attached hydrogens (tertiary/aromatic N) is 6. The topological polar surface area (TPSA) is 211 Å². The number of alkyl halides is 2. The van der Waals surface area contributed by atoms with Gasteiger partial charge in [-0.1, -0.05) is 18.3 Å². The van der Waals surface area contributed by atoms with E-state index in [-0.39, 0.29) is 74.5 Å². The second kappa shape index (κ2) is 20.8. The van der Waals surface area contributed by atoms with Gasteiger partial charge in [-0.2, -0.15) is 0 Å². The van der Waals surface area contributed by atoms with Crippen LogP contribution in [0.1, 0.15) is 12.0 Å². The molecule has 7 rings (SSSR count). The van der Waals surface area contributed by atoms with Crippen molar-refractivity contribution >= 4 is 63.8 Å². The summed E-state index contributed by atoms with van der Waals surface area (Å²) in [5.41, 5.74) is 0.744. The second-order valence-electron chi connectivity index (χ2n) is 14.3.